The van der Waals surface area contributed by atoms with Crippen molar-refractivity contribution in [2.75, 3.05) is 13.2 Å². The first-order valence-electron chi connectivity index (χ1n) is 21.5. The molecular formula is C47H76O7. The Morgan fingerprint density at radius 3 is 1.07 bits per heavy atom. The van der Waals surface area contributed by atoms with E-state index in [9.17, 15) is 14.7 Å². The minimum Gasteiger partial charge on any atom is -0.493 e. The minimum absolute atomic E-state index is 0.0271. The van der Waals surface area contributed by atoms with E-state index in [0.717, 1.165) is 120 Å². The largest absolute Gasteiger partial charge is 0.493 e. The van der Waals surface area contributed by atoms with Crippen molar-refractivity contribution in [3.8, 4) is 11.5 Å². The summed E-state index contributed by atoms with van der Waals surface area (Å²) in [6, 6.07) is 5.76. The SMILES string of the molecule is O=C(O)CCCCCCCC=CCC=CCCCCCCCOc1cc(CO)cc(OCCCCCCCC=CCC=CCCCCCCCC(=O)O)c1. The summed E-state index contributed by atoms with van der Waals surface area (Å²) >= 11 is 0. The quantitative estimate of drug-likeness (QED) is 0.0453. The molecule has 0 aliphatic heterocycles. The zero-order valence-corrected chi connectivity index (χ0v) is 33.7. The summed E-state index contributed by atoms with van der Waals surface area (Å²) < 4.78 is 12.0. The monoisotopic (exact) mass is 753 g/mol. The molecule has 306 valence electrons. The van der Waals surface area contributed by atoms with Gasteiger partial charge in [0.1, 0.15) is 11.5 Å². The maximum atomic E-state index is 10.5. The van der Waals surface area contributed by atoms with Gasteiger partial charge in [-0.2, -0.15) is 0 Å². The van der Waals surface area contributed by atoms with Crippen LogP contribution in [-0.4, -0.2) is 40.5 Å². The van der Waals surface area contributed by atoms with E-state index in [-0.39, 0.29) is 6.61 Å². The summed E-state index contributed by atoms with van der Waals surface area (Å²) in [4.78, 5) is 21.0. The molecule has 7 nitrogen and oxygen atoms in total. The van der Waals surface area contributed by atoms with Crippen molar-refractivity contribution < 1.29 is 34.4 Å². The number of carboxylic acids is 2. The number of benzene rings is 1. The van der Waals surface area contributed by atoms with Gasteiger partial charge in [-0.25, -0.2) is 0 Å². The molecule has 0 heterocycles. The van der Waals surface area contributed by atoms with Crippen LogP contribution in [0.5, 0.6) is 11.5 Å². The van der Waals surface area contributed by atoms with Crippen LogP contribution in [0.25, 0.3) is 0 Å². The third-order valence-corrected chi connectivity index (χ3v) is 9.42. The van der Waals surface area contributed by atoms with E-state index in [0.29, 0.717) is 26.1 Å². The number of allylic oxidation sites excluding steroid dienone is 8. The fourth-order valence-electron chi connectivity index (χ4n) is 6.21. The molecule has 0 bridgehead atoms. The normalized spacial score (nSPS) is 11.9. The number of aliphatic hydroxyl groups excluding tert-OH is 1. The van der Waals surface area contributed by atoms with Gasteiger partial charge in [0.2, 0.25) is 0 Å². The Labute approximate surface area is 329 Å². The summed E-state index contributed by atoms with van der Waals surface area (Å²) in [6.45, 7) is 1.33. The molecule has 0 fully saturated rings. The molecule has 1 aromatic carbocycles. The fraction of sp³-hybridized carbons (Fsp3) is 0.660. The van der Waals surface area contributed by atoms with E-state index in [1.807, 2.05) is 18.2 Å². The Hall–Kier alpha value is -3.32. The molecule has 7 heteroatoms. The molecular weight excluding hydrogens is 677 g/mol. The van der Waals surface area contributed by atoms with Gasteiger partial charge in [-0.3, -0.25) is 9.59 Å². The van der Waals surface area contributed by atoms with Crippen molar-refractivity contribution >= 4 is 11.9 Å². The number of unbranched alkanes of at least 4 members (excludes halogenated alkanes) is 20. The lowest BCUT2D eigenvalue weighted by molar-refractivity contribution is -0.138. The number of carbonyl (C=O) groups is 2. The second kappa shape index (κ2) is 38.0. The van der Waals surface area contributed by atoms with E-state index >= 15 is 0 Å². The lowest BCUT2D eigenvalue weighted by atomic mass is 10.1. The second-order valence-electron chi connectivity index (χ2n) is 14.5. The Morgan fingerprint density at radius 2 is 0.741 bits per heavy atom. The summed E-state index contributed by atoms with van der Waals surface area (Å²) in [6.07, 6.45) is 47.7. The fourth-order valence-corrected chi connectivity index (χ4v) is 6.21. The molecule has 0 radical (unpaired) electrons. The van der Waals surface area contributed by atoms with Crippen LogP contribution in [-0.2, 0) is 16.2 Å². The zero-order valence-electron chi connectivity index (χ0n) is 33.7. The van der Waals surface area contributed by atoms with Crippen LogP contribution >= 0.6 is 0 Å². The van der Waals surface area contributed by atoms with Crippen molar-refractivity contribution in [1.82, 2.24) is 0 Å². The van der Waals surface area contributed by atoms with E-state index < -0.39 is 11.9 Å². The Balaban J connectivity index is 1.98. The van der Waals surface area contributed by atoms with Gasteiger partial charge in [-0.05, 0) is 108 Å². The summed E-state index contributed by atoms with van der Waals surface area (Å²) in [5, 5.41) is 27.0. The van der Waals surface area contributed by atoms with E-state index in [4.69, 9.17) is 19.7 Å². The van der Waals surface area contributed by atoms with E-state index in [1.54, 1.807) is 0 Å². The van der Waals surface area contributed by atoms with Gasteiger partial charge in [-0.15, -0.1) is 0 Å². The van der Waals surface area contributed by atoms with Crippen molar-refractivity contribution in [2.24, 2.45) is 0 Å². The Bertz CT molecular complexity index is 1070. The molecule has 0 spiro atoms. The van der Waals surface area contributed by atoms with E-state index in [1.165, 1.54) is 64.2 Å². The number of carboxylic acid groups (broad SMARTS) is 2. The Morgan fingerprint density at radius 1 is 0.426 bits per heavy atom. The first kappa shape index (κ1) is 48.7. The average Bonchev–Trinajstić information content (AvgIpc) is 3.16. The molecule has 3 N–H and O–H groups in total. The molecule has 1 rings (SSSR count). The van der Waals surface area contributed by atoms with Crippen LogP contribution < -0.4 is 9.47 Å². The van der Waals surface area contributed by atoms with Crippen LogP contribution in [0, 0.1) is 0 Å². The van der Waals surface area contributed by atoms with Gasteiger partial charge < -0.3 is 24.8 Å². The lowest BCUT2D eigenvalue weighted by Gasteiger charge is -2.12. The highest BCUT2D eigenvalue weighted by molar-refractivity contribution is 5.66. The van der Waals surface area contributed by atoms with Crippen molar-refractivity contribution in [1.29, 1.82) is 0 Å². The summed E-state index contributed by atoms with van der Waals surface area (Å²) in [7, 11) is 0. The number of aliphatic carboxylic acids is 2. The van der Waals surface area contributed by atoms with Crippen LogP contribution in [0.4, 0.5) is 0 Å². The first-order chi connectivity index (χ1) is 26.5. The highest BCUT2D eigenvalue weighted by Crippen LogP contribution is 2.24. The molecule has 0 saturated heterocycles. The second-order valence-corrected chi connectivity index (χ2v) is 14.5. The third-order valence-electron chi connectivity index (χ3n) is 9.42. The predicted octanol–water partition coefficient (Wildman–Crippen LogP) is 13.3. The molecule has 0 aliphatic rings. The molecule has 0 aromatic heterocycles. The highest BCUT2D eigenvalue weighted by Gasteiger charge is 2.04. The molecule has 0 saturated carbocycles. The van der Waals surface area contributed by atoms with Crippen LogP contribution in [0.15, 0.2) is 66.8 Å². The van der Waals surface area contributed by atoms with Crippen LogP contribution in [0.2, 0.25) is 0 Å². The van der Waals surface area contributed by atoms with Crippen molar-refractivity contribution in [3.63, 3.8) is 0 Å². The van der Waals surface area contributed by atoms with Gasteiger partial charge in [0.25, 0.3) is 0 Å². The molecule has 1 aromatic rings. The van der Waals surface area contributed by atoms with E-state index in [2.05, 4.69) is 48.6 Å². The lowest BCUT2D eigenvalue weighted by Crippen LogP contribution is -2.01. The topological polar surface area (TPSA) is 113 Å². The maximum Gasteiger partial charge on any atom is 0.303 e. The predicted molar refractivity (Wildman–Crippen MR) is 224 cm³/mol. The smallest absolute Gasteiger partial charge is 0.303 e. The van der Waals surface area contributed by atoms with Gasteiger partial charge in [0.05, 0.1) is 19.8 Å². The number of hydrogen-bond donors (Lipinski definition) is 3. The third kappa shape index (κ3) is 34.4. The zero-order chi connectivity index (χ0) is 39.0. The van der Waals surface area contributed by atoms with Gasteiger partial charge in [-0.1, -0.05) is 126 Å². The molecule has 0 amide bonds. The number of hydrogen-bond acceptors (Lipinski definition) is 5. The number of rotatable bonds is 39. The summed E-state index contributed by atoms with van der Waals surface area (Å²) in [5.41, 5.74) is 0.818. The van der Waals surface area contributed by atoms with Crippen LogP contribution in [0.1, 0.15) is 185 Å². The molecule has 0 atom stereocenters. The standard InChI is InChI=1S/C47H76O7/c48-42-43-39-44(53-37-33-29-25-21-17-13-9-5-1-3-7-11-15-19-23-27-31-35-46(49)50)41-45(40-43)54-38-34-30-26-22-18-14-10-6-2-4-8-12-16-20-24-28-32-36-47(51)52/h3-10,39-41,48H,1-2,11-38,42H2,(H,49,50)(H,51,52). The van der Waals surface area contributed by atoms with Gasteiger partial charge in [0.15, 0.2) is 0 Å². The van der Waals surface area contributed by atoms with Crippen LogP contribution in [0.3, 0.4) is 0 Å². The molecule has 0 aliphatic carbocycles. The number of ether oxygens (including phenoxy) is 2. The Kier molecular flexibility index (Phi) is 34.2. The van der Waals surface area contributed by atoms with Gasteiger partial charge >= 0.3 is 11.9 Å². The molecule has 54 heavy (non-hydrogen) atoms. The van der Waals surface area contributed by atoms with Crippen molar-refractivity contribution in [3.05, 3.63) is 72.4 Å². The maximum absolute atomic E-state index is 10.5. The highest BCUT2D eigenvalue weighted by atomic mass is 16.5. The van der Waals surface area contributed by atoms with Gasteiger partial charge in [0, 0.05) is 18.9 Å². The first-order valence-corrected chi connectivity index (χ1v) is 21.5. The van der Waals surface area contributed by atoms with Crippen molar-refractivity contribution in [2.45, 2.75) is 186 Å². The number of aliphatic hydroxyl groups is 1. The summed E-state index contributed by atoms with van der Waals surface area (Å²) in [5.74, 6) is 0.171. The average molecular weight is 753 g/mol. The minimum atomic E-state index is -0.687. The molecule has 0 unspecified atom stereocenters.